The van der Waals surface area contributed by atoms with Crippen molar-refractivity contribution in [3.63, 3.8) is 0 Å². The van der Waals surface area contributed by atoms with Gasteiger partial charge in [0.15, 0.2) is 0 Å². The molecular formula is C17H27N3O2. The Morgan fingerprint density at radius 2 is 1.68 bits per heavy atom. The molecule has 1 atom stereocenters. The Kier molecular flexibility index (Phi) is 6.56. The summed E-state index contributed by atoms with van der Waals surface area (Å²) in [7, 11) is 1.70. The first-order chi connectivity index (χ1) is 10.2. The Balaban J connectivity index is 2.60. The predicted octanol–water partition coefficient (Wildman–Crippen LogP) is 1.87. The van der Waals surface area contributed by atoms with Crippen molar-refractivity contribution >= 4 is 17.5 Å². The second-order valence-corrected chi connectivity index (χ2v) is 6.19. The van der Waals surface area contributed by atoms with Gasteiger partial charge in [0.05, 0.1) is 12.6 Å². The Morgan fingerprint density at radius 1 is 1.14 bits per heavy atom. The molecule has 22 heavy (non-hydrogen) atoms. The van der Waals surface area contributed by atoms with Crippen LogP contribution >= 0.6 is 0 Å². The average molecular weight is 305 g/mol. The van der Waals surface area contributed by atoms with Crippen LogP contribution in [0, 0.1) is 5.92 Å². The average Bonchev–Trinajstić information content (AvgIpc) is 2.50. The smallest absolute Gasteiger partial charge is 0.246 e. The quantitative estimate of drug-likeness (QED) is 0.842. The van der Waals surface area contributed by atoms with Gasteiger partial charge >= 0.3 is 0 Å². The summed E-state index contributed by atoms with van der Waals surface area (Å²) in [4.78, 5) is 25.4. The van der Waals surface area contributed by atoms with Crippen LogP contribution in [0.5, 0.6) is 0 Å². The number of carbonyl (C=O) groups is 2. The molecule has 0 bridgehead atoms. The Bertz CT molecular complexity index is 509. The highest BCUT2D eigenvalue weighted by Gasteiger charge is 2.19. The topological polar surface area (TPSA) is 75.4 Å². The van der Waals surface area contributed by atoms with E-state index in [0.717, 1.165) is 5.69 Å². The number of nitrogens with zero attached hydrogens (tertiary/aromatic N) is 1. The third-order valence-corrected chi connectivity index (χ3v) is 3.76. The summed E-state index contributed by atoms with van der Waals surface area (Å²) in [5.74, 6) is 0.0109. The molecule has 0 saturated heterocycles. The number of likely N-dealkylation sites (N-methyl/N-ethyl adjacent to an activating group) is 1. The van der Waals surface area contributed by atoms with Gasteiger partial charge in [-0.25, -0.2) is 0 Å². The Labute approximate surface area is 132 Å². The molecule has 0 unspecified atom stereocenters. The van der Waals surface area contributed by atoms with Crippen LogP contribution in [0.25, 0.3) is 0 Å². The van der Waals surface area contributed by atoms with Crippen molar-refractivity contribution in [2.75, 3.05) is 18.5 Å². The van der Waals surface area contributed by atoms with Crippen LogP contribution in [0.2, 0.25) is 0 Å². The third kappa shape index (κ3) is 4.84. The van der Waals surface area contributed by atoms with Gasteiger partial charge in [0.2, 0.25) is 11.8 Å². The van der Waals surface area contributed by atoms with E-state index in [1.165, 1.54) is 10.5 Å². The fourth-order valence-electron chi connectivity index (χ4n) is 1.93. The van der Waals surface area contributed by atoms with Crippen molar-refractivity contribution in [2.45, 2.75) is 39.7 Å². The monoisotopic (exact) mass is 305 g/mol. The minimum absolute atomic E-state index is 0.0383. The summed E-state index contributed by atoms with van der Waals surface area (Å²) in [5.41, 5.74) is 7.77. The predicted molar refractivity (Wildman–Crippen MR) is 89.8 cm³/mol. The van der Waals surface area contributed by atoms with Crippen molar-refractivity contribution in [3.05, 3.63) is 29.8 Å². The van der Waals surface area contributed by atoms with E-state index in [0.29, 0.717) is 5.92 Å². The van der Waals surface area contributed by atoms with Crippen molar-refractivity contribution in [1.29, 1.82) is 0 Å². The molecule has 2 amide bonds. The second kappa shape index (κ2) is 7.94. The highest BCUT2D eigenvalue weighted by molar-refractivity contribution is 5.96. The van der Waals surface area contributed by atoms with E-state index in [1.807, 2.05) is 38.1 Å². The molecule has 0 aliphatic heterocycles. The first kappa shape index (κ1) is 18.2. The summed E-state index contributed by atoms with van der Waals surface area (Å²) >= 11 is 0. The molecule has 0 heterocycles. The highest BCUT2D eigenvalue weighted by Crippen LogP contribution is 2.19. The van der Waals surface area contributed by atoms with Crippen molar-refractivity contribution in [2.24, 2.45) is 11.7 Å². The van der Waals surface area contributed by atoms with Gasteiger partial charge in [0.25, 0.3) is 0 Å². The van der Waals surface area contributed by atoms with Crippen LogP contribution in [-0.4, -0.2) is 31.4 Å². The molecule has 1 aromatic carbocycles. The number of hydrogen-bond donors (Lipinski definition) is 2. The molecule has 3 N–H and O–H groups in total. The molecular weight excluding hydrogens is 278 g/mol. The van der Waals surface area contributed by atoms with Crippen molar-refractivity contribution in [1.82, 2.24) is 5.32 Å². The van der Waals surface area contributed by atoms with Gasteiger partial charge < -0.3 is 16.0 Å². The zero-order chi connectivity index (χ0) is 16.9. The van der Waals surface area contributed by atoms with Gasteiger partial charge in [-0.3, -0.25) is 9.59 Å². The maximum atomic E-state index is 12.1. The second-order valence-electron chi connectivity index (χ2n) is 6.19. The molecule has 0 radical (unpaired) electrons. The number of amides is 2. The van der Waals surface area contributed by atoms with E-state index >= 15 is 0 Å². The summed E-state index contributed by atoms with van der Waals surface area (Å²) in [6.45, 7) is 7.93. The van der Waals surface area contributed by atoms with Crippen LogP contribution < -0.4 is 16.0 Å². The third-order valence-electron chi connectivity index (χ3n) is 3.76. The van der Waals surface area contributed by atoms with Gasteiger partial charge in [0, 0.05) is 12.7 Å². The summed E-state index contributed by atoms with van der Waals surface area (Å²) in [6, 6.07) is 7.25. The van der Waals surface area contributed by atoms with E-state index in [-0.39, 0.29) is 24.3 Å². The number of rotatable bonds is 6. The van der Waals surface area contributed by atoms with Gasteiger partial charge in [0.1, 0.15) is 0 Å². The summed E-state index contributed by atoms with van der Waals surface area (Å²) in [5, 5.41) is 2.59. The standard InChI is InChI=1S/C17H27N3O2/c1-11(2)13-6-8-14(9-7-13)20(5)15(21)10-19-17(22)16(18)12(3)4/h6-9,11-12,16H,10,18H2,1-5H3,(H,19,22)/t16-/m0/s1. The van der Waals surface area contributed by atoms with E-state index in [2.05, 4.69) is 19.2 Å². The Hall–Kier alpha value is -1.88. The van der Waals surface area contributed by atoms with Crippen LogP contribution in [0.4, 0.5) is 5.69 Å². The van der Waals surface area contributed by atoms with Gasteiger partial charge in [-0.1, -0.05) is 39.8 Å². The molecule has 0 aromatic heterocycles. The lowest BCUT2D eigenvalue weighted by Crippen LogP contribution is -2.47. The maximum absolute atomic E-state index is 12.1. The zero-order valence-electron chi connectivity index (χ0n) is 14.1. The number of carbonyl (C=O) groups excluding carboxylic acids is 2. The highest BCUT2D eigenvalue weighted by atomic mass is 16.2. The van der Waals surface area contributed by atoms with E-state index in [1.54, 1.807) is 7.05 Å². The van der Waals surface area contributed by atoms with Gasteiger partial charge in [-0.05, 0) is 29.5 Å². The lowest BCUT2D eigenvalue weighted by molar-refractivity contribution is -0.126. The van der Waals surface area contributed by atoms with Crippen molar-refractivity contribution in [3.8, 4) is 0 Å². The number of benzene rings is 1. The molecule has 0 aliphatic rings. The zero-order valence-corrected chi connectivity index (χ0v) is 14.1. The van der Waals surface area contributed by atoms with Crippen LogP contribution in [0.1, 0.15) is 39.2 Å². The molecule has 0 fully saturated rings. The molecule has 0 spiro atoms. The molecule has 5 heteroatoms. The minimum Gasteiger partial charge on any atom is -0.346 e. The van der Waals surface area contributed by atoms with E-state index < -0.39 is 6.04 Å². The van der Waals surface area contributed by atoms with Crippen LogP contribution in [-0.2, 0) is 9.59 Å². The van der Waals surface area contributed by atoms with Gasteiger partial charge in [-0.2, -0.15) is 0 Å². The lowest BCUT2D eigenvalue weighted by Gasteiger charge is -2.20. The lowest BCUT2D eigenvalue weighted by atomic mass is 10.0. The number of hydrogen-bond acceptors (Lipinski definition) is 3. The molecule has 0 aliphatic carbocycles. The fourth-order valence-corrected chi connectivity index (χ4v) is 1.93. The van der Waals surface area contributed by atoms with Crippen molar-refractivity contribution < 1.29 is 9.59 Å². The molecule has 1 rings (SSSR count). The summed E-state index contributed by atoms with van der Waals surface area (Å²) < 4.78 is 0. The number of nitrogens with one attached hydrogen (secondary N) is 1. The summed E-state index contributed by atoms with van der Waals surface area (Å²) in [6.07, 6.45) is 0. The first-order valence-corrected chi connectivity index (χ1v) is 7.63. The minimum atomic E-state index is -0.594. The fraction of sp³-hybridized carbons (Fsp3) is 0.529. The molecule has 0 saturated carbocycles. The van der Waals surface area contributed by atoms with Gasteiger partial charge in [-0.15, -0.1) is 0 Å². The number of anilines is 1. The SMILES string of the molecule is CC(C)c1ccc(N(C)C(=O)CNC(=O)[C@@H](N)C(C)C)cc1. The Morgan fingerprint density at radius 3 is 2.14 bits per heavy atom. The maximum Gasteiger partial charge on any atom is 0.246 e. The van der Waals surface area contributed by atoms with E-state index in [4.69, 9.17) is 5.73 Å². The first-order valence-electron chi connectivity index (χ1n) is 7.63. The molecule has 1 aromatic rings. The molecule has 122 valence electrons. The van der Waals surface area contributed by atoms with Crippen LogP contribution in [0.15, 0.2) is 24.3 Å². The van der Waals surface area contributed by atoms with E-state index in [9.17, 15) is 9.59 Å². The molecule has 5 nitrogen and oxygen atoms in total. The number of nitrogens with two attached hydrogens (primary N) is 1. The van der Waals surface area contributed by atoms with Crippen LogP contribution in [0.3, 0.4) is 0 Å². The largest absolute Gasteiger partial charge is 0.346 e. The normalized spacial score (nSPS) is 12.4.